The van der Waals surface area contributed by atoms with Crippen molar-refractivity contribution in [2.45, 2.75) is 32.9 Å². The monoisotopic (exact) mass is 430 g/mol. The van der Waals surface area contributed by atoms with Crippen LogP contribution in [0.2, 0.25) is 0 Å². The molecule has 0 spiro atoms. The van der Waals surface area contributed by atoms with Gasteiger partial charge in [-0.3, -0.25) is 9.80 Å². The SMILES string of the molecule is COc1ccc(N2C(=O)N(c3ccc(OC)cc3)[C@@H](C(C)(C)C)[C@@H]2c2ccccc2)cc1. The van der Waals surface area contributed by atoms with E-state index < -0.39 is 0 Å². The number of nitrogens with zero attached hydrogens (tertiary/aromatic N) is 2. The van der Waals surface area contributed by atoms with Crippen molar-refractivity contribution in [1.82, 2.24) is 0 Å². The van der Waals surface area contributed by atoms with Gasteiger partial charge in [0.2, 0.25) is 0 Å². The molecule has 1 aliphatic heterocycles. The molecule has 2 atom stereocenters. The predicted octanol–water partition coefficient (Wildman–Crippen LogP) is 6.31. The molecule has 0 aliphatic carbocycles. The van der Waals surface area contributed by atoms with Gasteiger partial charge in [0.15, 0.2) is 0 Å². The van der Waals surface area contributed by atoms with Gasteiger partial charge in [0.25, 0.3) is 0 Å². The van der Waals surface area contributed by atoms with Gasteiger partial charge >= 0.3 is 6.03 Å². The Morgan fingerprint density at radius 2 is 1.16 bits per heavy atom. The molecule has 0 N–H and O–H groups in total. The lowest BCUT2D eigenvalue weighted by molar-refractivity contribution is 0.252. The molecule has 1 heterocycles. The third kappa shape index (κ3) is 3.91. The number of ether oxygens (including phenoxy) is 2. The fourth-order valence-electron chi connectivity index (χ4n) is 4.51. The van der Waals surface area contributed by atoms with Crippen LogP contribution in [-0.4, -0.2) is 26.3 Å². The van der Waals surface area contributed by atoms with Crippen molar-refractivity contribution >= 4 is 17.4 Å². The Morgan fingerprint density at radius 3 is 1.59 bits per heavy atom. The summed E-state index contributed by atoms with van der Waals surface area (Å²) in [6.07, 6.45) is 0. The molecule has 0 radical (unpaired) electrons. The normalized spacial score (nSPS) is 18.7. The van der Waals surface area contributed by atoms with Gasteiger partial charge in [0, 0.05) is 11.4 Å². The van der Waals surface area contributed by atoms with Crippen LogP contribution < -0.4 is 19.3 Å². The Kier molecular flexibility index (Phi) is 5.83. The van der Waals surface area contributed by atoms with E-state index in [9.17, 15) is 4.79 Å². The highest BCUT2D eigenvalue weighted by molar-refractivity contribution is 6.08. The Hall–Kier alpha value is -3.47. The van der Waals surface area contributed by atoms with Gasteiger partial charge in [0.1, 0.15) is 11.5 Å². The highest BCUT2D eigenvalue weighted by Crippen LogP contribution is 2.47. The molecule has 5 nitrogen and oxygen atoms in total. The van der Waals surface area contributed by atoms with Gasteiger partial charge in [-0.1, -0.05) is 51.1 Å². The van der Waals surface area contributed by atoms with E-state index in [0.717, 1.165) is 28.4 Å². The van der Waals surface area contributed by atoms with Crippen molar-refractivity contribution in [3.63, 3.8) is 0 Å². The van der Waals surface area contributed by atoms with E-state index in [-0.39, 0.29) is 23.5 Å². The van der Waals surface area contributed by atoms with Gasteiger partial charge in [-0.2, -0.15) is 0 Å². The summed E-state index contributed by atoms with van der Waals surface area (Å²) >= 11 is 0. The molecule has 5 heteroatoms. The number of benzene rings is 3. The summed E-state index contributed by atoms with van der Waals surface area (Å²) in [4.78, 5) is 17.9. The van der Waals surface area contributed by atoms with Crippen LogP contribution >= 0.6 is 0 Å². The molecule has 0 bridgehead atoms. The lowest BCUT2D eigenvalue weighted by atomic mass is 9.79. The number of carbonyl (C=O) groups excluding carboxylic acids is 1. The number of amides is 2. The molecule has 3 aromatic carbocycles. The van der Waals surface area contributed by atoms with E-state index in [2.05, 4.69) is 32.9 Å². The topological polar surface area (TPSA) is 42.0 Å². The van der Waals surface area contributed by atoms with Crippen molar-refractivity contribution in [2.75, 3.05) is 24.0 Å². The molecule has 1 saturated heterocycles. The molecule has 0 saturated carbocycles. The van der Waals surface area contributed by atoms with Gasteiger partial charge < -0.3 is 9.47 Å². The number of urea groups is 1. The summed E-state index contributed by atoms with van der Waals surface area (Å²) in [6, 6.07) is 25.4. The van der Waals surface area contributed by atoms with Crippen molar-refractivity contribution in [2.24, 2.45) is 5.41 Å². The van der Waals surface area contributed by atoms with Crippen LogP contribution in [0.3, 0.4) is 0 Å². The average Bonchev–Trinajstić information content (AvgIpc) is 3.13. The van der Waals surface area contributed by atoms with E-state index in [0.29, 0.717) is 0 Å². The third-order valence-electron chi connectivity index (χ3n) is 6.00. The fraction of sp³-hybridized carbons (Fsp3) is 0.296. The van der Waals surface area contributed by atoms with Gasteiger partial charge in [-0.05, 0) is 59.5 Å². The number of hydrogen-bond acceptors (Lipinski definition) is 3. The van der Waals surface area contributed by atoms with Crippen molar-refractivity contribution in [3.05, 3.63) is 84.4 Å². The van der Waals surface area contributed by atoms with Crippen LogP contribution in [0.15, 0.2) is 78.9 Å². The molecule has 2 amide bonds. The van der Waals surface area contributed by atoms with Crippen LogP contribution in [0.1, 0.15) is 32.4 Å². The minimum atomic E-state index is -0.183. The van der Waals surface area contributed by atoms with E-state index in [4.69, 9.17) is 9.47 Å². The quantitative estimate of drug-likeness (QED) is 0.477. The molecule has 4 rings (SSSR count). The summed E-state index contributed by atoms with van der Waals surface area (Å²) in [5.74, 6) is 1.52. The molecule has 0 aromatic heterocycles. The summed E-state index contributed by atoms with van der Waals surface area (Å²) in [6.45, 7) is 6.57. The summed E-state index contributed by atoms with van der Waals surface area (Å²) in [5, 5.41) is 0. The molecule has 166 valence electrons. The zero-order valence-electron chi connectivity index (χ0n) is 19.3. The predicted molar refractivity (Wildman–Crippen MR) is 129 cm³/mol. The van der Waals surface area contributed by atoms with Crippen LogP contribution in [0.25, 0.3) is 0 Å². The van der Waals surface area contributed by atoms with E-state index in [1.807, 2.05) is 76.5 Å². The Balaban J connectivity index is 1.89. The van der Waals surface area contributed by atoms with Crippen LogP contribution in [0.4, 0.5) is 16.2 Å². The molecule has 1 aliphatic rings. The van der Waals surface area contributed by atoms with E-state index in [1.54, 1.807) is 14.2 Å². The highest BCUT2D eigenvalue weighted by Gasteiger charge is 2.52. The number of anilines is 2. The molecule has 32 heavy (non-hydrogen) atoms. The minimum absolute atomic E-state index is 0.0471. The maximum Gasteiger partial charge on any atom is 0.329 e. The zero-order chi connectivity index (χ0) is 22.9. The lowest BCUT2D eigenvalue weighted by Crippen LogP contribution is -2.43. The van der Waals surface area contributed by atoms with E-state index in [1.165, 1.54) is 0 Å². The molecular weight excluding hydrogens is 400 g/mol. The van der Waals surface area contributed by atoms with Crippen molar-refractivity contribution < 1.29 is 14.3 Å². The molecular formula is C27H30N2O3. The van der Waals surface area contributed by atoms with Crippen LogP contribution in [0.5, 0.6) is 11.5 Å². The van der Waals surface area contributed by atoms with Crippen LogP contribution in [-0.2, 0) is 0 Å². The molecule has 0 unspecified atom stereocenters. The first kappa shape index (κ1) is 21.8. The van der Waals surface area contributed by atoms with Crippen LogP contribution in [0, 0.1) is 5.41 Å². The Bertz CT molecular complexity index is 1060. The fourth-order valence-corrected chi connectivity index (χ4v) is 4.51. The van der Waals surface area contributed by atoms with Gasteiger partial charge in [-0.15, -0.1) is 0 Å². The van der Waals surface area contributed by atoms with Crippen molar-refractivity contribution in [3.8, 4) is 11.5 Å². The summed E-state index contributed by atoms with van der Waals surface area (Å²) in [5.41, 5.74) is 2.62. The third-order valence-corrected chi connectivity index (χ3v) is 6.00. The van der Waals surface area contributed by atoms with Crippen molar-refractivity contribution in [1.29, 1.82) is 0 Å². The molecule has 3 aromatic rings. The second-order valence-corrected chi connectivity index (χ2v) is 9.09. The first-order valence-electron chi connectivity index (χ1n) is 10.8. The minimum Gasteiger partial charge on any atom is -0.497 e. The zero-order valence-corrected chi connectivity index (χ0v) is 19.3. The maximum atomic E-state index is 14.0. The summed E-state index contributed by atoms with van der Waals surface area (Å²) in [7, 11) is 3.29. The second kappa shape index (κ2) is 8.58. The largest absolute Gasteiger partial charge is 0.497 e. The number of methoxy groups -OCH3 is 2. The Labute approximate surface area is 190 Å². The molecule has 1 fully saturated rings. The first-order chi connectivity index (χ1) is 15.3. The van der Waals surface area contributed by atoms with Gasteiger partial charge in [-0.25, -0.2) is 4.79 Å². The van der Waals surface area contributed by atoms with Gasteiger partial charge in [0.05, 0.1) is 26.3 Å². The lowest BCUT2D eigenvalue weighted by Gasteiger charge is -2.38. The number of hydrogen-bond donors (Lipinski definition) is 0. The smallest absolute Gasteiger partial charge is 0.329 e. The first-order valence-corrected chi connectivity index (χ1v) is 10.8. The highest BCUT2D eigenvalue weighted by atomic mass is 16.5. The number of rotatable bonds is 5. The summed E-state index contributed by atoms with van der Waals surface area (Å²) < 4.78 is 10.7. The maximum absolute atomic E-state index is 14.0. The average molecular weight is 431 g/mol. The van der Waals surface area contributed by atoms with E-state index >= 15 is 0 Å². The Morgan fingerprint density at radius 1 is 0.688 bits per heavy atom. The number of carbonyl (C=O) groups is 1. The standard InChI is InChI=1S/C27H30N2O3/c1-27(2,3)25-24(19-9-7-6-8-10-19)28(20-11-15-22(31-4)16-12-20)26(30)29(25)21-13-17-23(32-5)18-14-21/h6-18,24-25H,1-5H3/t24-,25+/m0/s1. The second-order valence-electron chi connectivity index (χ2n) is 9.09.